The van der Waals surface area contributed by atoms with Crippen molar-refractivity contribution in [2.45, 2.75) is 6.92 Å². The average molecular weight is 227 g/mol. The summed E-state index contributed by atoms with van der Waals surface area (Å²) in [6.07, 6.45) is 0. The first-order valence-electron chi connectivity index (χ1n) is 5.30. The minimum absolute atomic E-state index is 0.431. The Hall–Kier alpha value is -2.29. The zero-order valence-electron chi connectivity index (χ0n) is 9.51. The van der Waals surface area contributed by atoms with Crippen molar-refractivity contribution in [3.05, 3.63) is 59.7 Å². The fourth-order valence-corrected chi connectivity index (χ4v) is 1.53. The van der Waals surface area contributed by atoms with E-state index in [4.69, 9.17) is 10.5 Å². The quantitative estimate of drug-likeness (QED) is 0.876. The third-order valence-electron chi connectivity index (χ3n) is 2.43. The van der Waals surface area contributed by atoms with Crippen molar-refractivity contribution < 1.29 is 9.53 Å². The Morgan fingerprint density at radius 3 is 2.41 bits per heavy atom. The monoisotopic (exact) mass is 227 g/mol. The van der Waals surface area contributed by atoms with Crippen LogP contribution in [0.15, 0.2) is 48.5 Å². The van der Waals surface area contributed by atoms with E-state index < -0.39 is 5.91 Å². The highest BCUT2D eigenvalue weighted by atomic mass is 16.5. The van der Waals surface area contributed by atoms with Gasteiger partial charge in [-0.15, -0.1) is 0 Å². The van der Waals surface area contributed by atoms with Crippen LogP contribution in [0.1, 0.15) is 15.9 Å². The van der Waals surface area contributed by atoms with Crippen molar-refractivity contribution in [1.82, 2.24) is 0 Å². The molecule has 0 atom stereocenters. The van der Waals surface area contributed by atoms with Crippen molar-refractivity contribution in [2.75, 3.05) is 0 Å². The number of hydrogen-bond acceptors (Lipinski definition) is 2. The van der Waals surface area contributed by atoms with E-state index in [0.29, 0.717) is 5.56 Å². The molecular weight excluding hydrogens is 214 g/mol. The van der Waals surface area contributed by atoms with Crippen molar-refractivity contribution in [2.24, 2.45) is 5.73 Å². The molecule has 0 unspecified atom stereocenters. The minimum Gasteiger partial charge on any atom is -0.457 e. The average Bonchev–Trinajstić information content (AvgIpc) is 2.33. The summed E-state index contributed by atoms with van der Waals surface area (Å²) >= 11 is 0. The van der Waals surface area contributed by atoms with Crippen LogP contribution in [0.3, 0.4) is 0 Å². The van der Waals surface area contributed by atoms with Gasteiger partial charge in [0.05, 0.1) is 0 Å². The lowest BCUT2D eigenvalue weighted by molar-refractivity contribution is 0.1000. The Bertz CT molecular complexity index is 535. The molecule has 0 aromatic heterocycles. The highest BCUT2D eigenvalue weighted by Gasteiger charge is 2.05. The van der Waals surface area contributed by atoms with Crippen LogP contribution in [0.5, 0.6) is 11.5 Å². The van der Waals surface area contributed by atoms with Crippen LogP contribution in [0.4, 0.5) is 0 Å². The number of carbonyl (C=O) groups excluding carboxylic acids is 1. The number of ether oxygens (including phenoxy) is 1. The molecule has 0 saturated carbocycles. The summed E-state index contributed by atoms with van der Waals surface area (Å²) in [5, 5.41) is 0. The maximum absolute atomic E-state index is 11.0. The normalized spacial score (nSPS) is 9.94. The number of hydrogen-bond donors (Lipinski definition) is 1. The number of nitrogens with two attached hydrogens (primary N) is 1. The molecule has 86 valence electrons. The summed E-state index contributed by atoms with van der Waals surface area (Å²) in [5.74, 6) is 1.06. The molecule has 3 nitrogen and oxygen atoms in total. The molecule has 0 bridgehead atoms. The molecule has 2 rings (SSSR count). The van der Waals surface area contributed by atoms with E-state index in [0.717, 1.165) is 17.1 Å². The molecule has 2 N–H and O–H groups in total. The summed E-state index contributed by atoms with van der Waals surface area (Å²) < 4.78 is 5.69. The summed E-state index contributed by atoms with van der Waals surface area (Å²) in [6.45, 7) is 1.88. The topological polar surface area (TPSA) is 52.3 Å². The van der Waals surface area contributed by atoms with E-state index in [1.807, 2.05) is 37.3 Å². The van der Waals surface area contributed by atoms with Gasteiger partial charge in [-0.25, -0.2) is 0 Å². The number of aryl methyl sites for hydroxylation is 1. The van der Waals surface area contributed by atoms with Gasteiger partial charge in [-0.05, 0) is 42.8 Å². The molecule has 0 radical (unpaired) electrons. The number of carbonyl (C=O) groups is 1. The van der Waals surface area contributed by atoms with Gasteiger partial charge in [0, 0.05) is 5.56 Å². The predicted molar refractivity (Wildman–Crippen MR) is 66.2 cm³/mol. The molecule has 1 amide bonds. The first kappa shape index (κ1) is 11.2. The van der Waals surface area contributed by atoms with E-state index in [2.05, 4.69) is 0 Å². The summed E-state index contributed by atoms with van der Waals surface area (Å²) in [6, 6.07) is 14.6. The van der Waals surface area contributed by atoms with Crippen molar-refractivity contribution in [1.29, 1.82) is 0 Å². The number of primary amides is 1. The number of benzene rings is 2. The van der Waals surface area contributed by atoms with Gasteiger partial charge < -0.3 is 10.5 Å². The van der Waals surface area contributed by atoms with E-state index in [9.17, 15) is 4.79 Å². The van der Waals surface area contributed by atoms with Gasteiger partial charge >= 0.3 is 0 Å². The lowest BCUT2D eigenvalue weighted by Gasteiger charge is -2.09. The van der Waals surface area contributed by atoms with E-state index >= 15 is 0 Å². The van der Waals surface area contributed by atoms with Crippen LogP contribution >= 0.6 is 0 Å². The Kier molecular flexibility index (Phi) is 3.10. The summed E-state index contributed by atoms with van der Waals surface area (Å²) in [7, 11) is 0. The second-order valence-electron chi connectivity index (χ2n) is 3.76. The second kappa shape index (κ2) is 4.70. The second-order valence-corrected chi connectivity index (χ2v) is 3.76. The number of rotatable bonds is 3. The molecule has 0 fully saturated rings. The van der Waals surface area contributed by atoms with Gasteiger partial charge in [0.15, 0.2) is 0 Å². The van der Waals surface area contributed by atoms with Crippen LogP contribution < -0.4 is 10.5 Å². The van der Waals surface area contributed by atoms with Gasteiger partial charge in [-0.1, -0.05) is 18.2 Å². The highest BCUT2D eigenvalue weighted by molar-refractivity contribution is 5.93. The Morgan fingerprint density at radius 2 is 1.82 bits per heavy atom. The molecule has 0 heterocycles. The lowest BCUT2D eigenvalue weighted by atomic mass is 10.1. The molecule has 0 aliphatic rings. The Labute approximate surface area is 99.8 Å². The predicted octanol–water partition coefficient (Wildman–Crippen LogP) is 2.89. The standard InChI is InChI=1S/C14H13NO2/c1-10-9-11(14(15)16)7-8-13(10)17-12-5-3-2-4-6-12/h2-9H,1H3,(H2,15,16). The smallest absolute Gasteiger partial charge is 0.248 e. The highest BCUT2D eigenvalue weighted by Crippen LogP contribution is 2.25. The van der Waals surface area contributed by atoms with Gasteiger partial charge in [-0.2, -0.15) is 0 Å². The van der Waals surface area contributed by atoms with Gasteiger partial charge in [0.25, 0.3) is 0 Å². The van der Waals surface area contributed by atoms with Crippen molar-refractivity contribution >= 4 is 5.91 Å². The molecule has 0 aliphatic heterocycles. The summed E-state index contributed by atoms with van der Waals surface area (Å²) in [5.41, 5.74) is 6.57. The molecule has 3 heteroatoms. The third-order valence-corrected chi connectivity index (χ3v) is 2.43. The fourth-order valence-electron chi connectivity index (χ4n) is 1.53. The summed E-state index contributed by atoms with van der Waals surface area (Å²) in [4.78, 5) is 11.0. The Morgan fingerprint density at radius 1 is 1.12 bits per heavy atom. The van der Waals surface area contributed by atoms with E-state index in [1.165, 1.54) is 0 Å². The van der Waals surface area contributed by atoms with Gasteiger partial charge in [0.2, 0.25) is 5.91 Å². The van der Waals surface area contributed by atoms with Crippen molar-refractivity contribution in [3.63, 3.8) is 0 Å². The molecule has 0 saturated heterocycles. The molecule has 2 aromatic carbocycles. The minimum atomic E-state index is -0.431. The largest absolute Gasteiger partial charge is 0.457 e. The first-order valence-corrected chi connectivity index (χ1v) is 5.30. The molecule has 0 aliphatic carbocycles. The van der Waals surface area contributed by atoms with Crippen LogP contribution in [-0.4, -0.2) is 5.91 Å². The molecule has 0 spiro atoms. The third kappa shape index (κ3) is 2.64. The first-order chi connectivity index (χ1) is 8.16. The number of para-hydroxylation sites is 1. The van der Waals surface area contributed by atoms with E-state index in [1.54, 1.807) is 18.2 Å². The van der Waals surface area contributed by atoms with Gasteiger partial charge in [0.1, 0.15) is 11.5 Å². The number of amides is 1. The SMILES string of the molecule is Cc1cc(C(N)=O)ccc1Oc1ccccc1. The molecular formula is C14H13NO2. The van der Waals surface area contributed by atoms with Crippen molar-refractivity contribution in [3.8, 4) is 11.5 Å². The van der Waals surface area contributed by atoms with Crippen LogP contribution in [0.25, 0.3) is 0 Å². The lowest BCUT2D eigenvalue weighted by Crippen LogP contribution is -2.10. The van der Waals surface area contributed by atoms with Gasteiger partial charge in [-0.3, -0.25) is 4.79 Å². The molecule has 17 heavy (non-hydrogen) atoms. The maximum atomic E-state index is 11.0. The zero-order chi connectivity index (χ0) is 12.3. The van der Waals surface area contributed by atoms with Crippen LogP contribution in [0, 0.1) is 6.92 Å². The fraction of sp³-hybridized carbons (Fsp3) is 0.0714. The zero-order valence-corrected chi connectivity index (χ0v) is 9.51. The van der Waals surface area contributed by atoms with E-state index in [-0.39, 0.29) is 0 Å². The molecule has 2 aromatic rings. The maximum Gasteiger partial charge on any atom is 0.248 e. The Balaban J connectivity index is 2.26. The van der Waals surface area contributed by atoms with Crippen LogP contribution in [0.2, 0.25) is 0 Å². The van der Waals surface area contributed by atoms with Crippen LogP contribution in [-0.2, 0) is 0 Å².